The van der Waals surface area contributed by atoms with Gasteiger partial charge in [0.2, 0.25) is 0 Å². The summed E-state index contributed by atoms with van der Waals surface area (Å²) in [6.45, 7) is 1.28. The van der Waals surface area contributed by atoms with Gasteiger partial charge in [0.05, 0.1) is 5.56 Å². The van der Waals surface area contributed by atoms with Crippen LogP contribution in [0, 0.1) is 0 Å². The van der Waals surface area contributed by atoms with Crippen molar-refractivity contribution in [2.45, 2.75) is 0 Å². The average Bonchev–Trinajstić information content (AvgIpc) is 2.80. The van der Waals surface area contributed by atoms with E-state index in [1.165, 1.54) is 15.6 Å². The molecule has 6 nitrogen and oxygen atoms in total. The van der Waals surface area contributed by atoms with Crippen LogP contribution < -0.4 is 5.14 Å². The topological polar surface area (TPSA) is 83.7 Å². The number of hydrogen-bond donors (Lipinski definition) is 1. The third-order valence-electron chi connectivity index (χ3n) is 2.65. The molecular weight excluding hydrogens is 262 g/mol. The van der Waals surface area contributed by atoms with Crippen molar-refractivity contribution in [2.75, 3.05) is 26.2 Å². The molecule has 8 heteroatoms. The van der Waals surface area contributed by atoms with Crippen LogP contribution in [-0.2, 0) is 10.2 Å². The van der Waals surface area contributed by atoms with Gasteiger partial charge in [-0.25, -0.2) is 5.14 Å². The van der Waals surface area contributed by atoms with Gasteiger partial charge in [0, 0.05) is 31.6 Å². The molecule has 0 saturated carbocycles. The Morgan fingerprint density at radius 1 is 1.29 bits per heavy atom. The molecule has 1 saturated heterocycles. The number of carbonyl (C=O) groups excluding carboxylic acids is 1. The Bertz CT molecular complexity index is 490. The summed E-state index contributed by atoms with van der Waals surface area (Å²) in [4.78, 5) is 13.6. The molecule has 0 aliphatic carbocycles. The van der Waals surface area contributed by atoms with Gasteiger partial charge in [0.1, 0.15) is 0 Å². The molecule has 2 N–H and O–H groups in total. The maximum atomic E-state index is 12.0. The molecule has 0 bridgehead atoms. The minimum atomic E-state index is -3.63. The molecule has 1 amide bonds. The standard InChI is InChI=1S/C9H13N3O3S2/c10-17(14,15)12-4-2-11(3-5-12)9(13)8-1-6-16-7-8/h1,6-7H,2-5H2,(H2,10,14,15). The highest BCUT2D eigenvalue weighted by molar-refractivity contribution is 7.86. The van der Waals surface area contributed by atoms with Crippen LogP contribution in [0.2, 0.25) is 0 Å². The van der Waals surface area contributed by atoms with Crippen molar-refractivity contribution in [3.8, 4) is 0 Å². The summed E-state index contributed by atoms with van der Waals surface area (Å²) in [5.74, 6) is -0.0553. The Morgan fingerprint density at radius 3 is 2.41 bits per heavy atom. The van der Waals surface area contributed by atoms with Crippen LogP contribution >= 0.6 is 11.3 Å². The fourth-order valence-corrected chi connectivity index (χ4v) is 3.02. The van der Waals surface area contributed by atoms with E-state index in [0.717, 1.165) is 0 Å². The Labute approximate surface area is 104 Å². The van der Waals surface area contributed by atoms with Crippen molar-refractivity contribution in [1.82, 2.24) is 9.21 Å². The van der Waals surface area contributed by atoms with Crippen molar-refractivity contribution >= 4 is 27.5 Å². The summed E-state index contributed by atoms with van der Waals surface area (Å²) in [6.07, 6.45) is 0. The SMILES string of the molecule is NS(=O)(=O)N1CCN(C(=O)c2ccsc2)CC1. The molecule has 1 aromatic rings. The van der Waals surface area contributed by atoms with E-state index in [0.29, 0.717) is 18.7 Å². The number of thiophene rings is 1. The van der Waals surface area contributed by atoms with Gasteiger partial charge in [-0.1, -0.05) is 0 Å². The van der Waals surface area contributed by atoms with Crippen LogP contribution in [0.1, 0.15) is 10.4 Å². The van der Waals surface area contributed by atoms with E-state index in [1.54, 1.807) is 16.3 Å². The van der Waals surface area contributed by atoms with Gasteiger partial charge in [-0.2, -0.15) is 24.1 Å². The lowest BCUT2D eigenvalue weighted by molar-refractivity contribution is 0.0698. The number of piperazine rings is 1. The van der Waals surface area contributed by atoms with Crippen LogP contribution in [0.3, 0.4) is 0 Å². The highest BCUT2D eigenvalue weighted by Crippen LogP contribution is 2.12. The lowest BCUT2D eigenvalue weighted by atomic mass is 10.2. The summed E-state index contributed by atoms with van der Waals surface area (Å²) in [6, 6.07) is 1.76. The van der Waals surface area contributed by atoms with Crippen molar-refractivity contribution in [3.63, 3.8) is 0 Å². The number of hydrogen-bond acceptors (Lipinski definition) is 4. The molecule has 0 unspecified atom stereocenters. The zero-order valence-electron chi connectivity index (χ0n) is 9.07. The largest absolute Gasteiger partial charge is 0.336 e. The van der Waals surface area contributed by atoms with Gasteiger partial charge in [-0.05, 0) is 11.4 Å². The van der Waals surface area contributed by atoms with E-state index in [-0.39, 0.29) is 19.0 Å². The van der Waals surface area contributed by atoms with Gasteiger partial charge < -0.3 is 4.90 Å². The second-order valence-electron chi connectivity index (χ2n) is 3.75. The summed E-state index contributed by atoms with van der Waals surface area (Å²) < 4.78 is 23.4. The molecule has 1 aliphatic rings. The third-order valence-corrected chi connectivity index (χ3v) is 4.42. The molecule has 1 aromatic heterocycles. The molecular formula is C9H13N3O3S2. The minimum Gasteiger partial charge on any atom is -0.336 e. The first-order valence-electron chi connectivity index (χ1n) is 5.08. The Kier molecular flexibility index (Phi) is 3.48. The smallest absolute Gasteiger partial charge is 0.277 e. The molecule has 2 heterocycles. The first kappa shape index (κ1) is 12.5. The fourth-order valence-electron chi connectivity index (χ4n) is 1.71. The maximum absolute atomic E-state index is 12.0. The maximum Gasteiger partial charge on any atom is 0.277 e. The Balaban J connectivity index is 1.98. The molecule has 1 aliphatic heterocycles. The molecule has 1 fully saturated rings. The Morgan fingerprint density at radius 2 is 1.94 bits per heavy atom. The Hall–Kier alpha value is -0.960. The first-order valence-corrected chi connectivity index (χ1v) is 7.52. The van der Waals surface area contributed by atoms with Crippen molar-refractivity contribution < 1.29 is 13.2 Å². The second kappa shape index (κ2) is 4.73. The summed E-state index contributed by atoms with van der Waals surface area (Å²) >= 11 is 1.46. The van der Waals surface area contributed by atoms with Crippen LogP contribution in [0.4, 0.5) is 0 Å². The quantitative estimate of drug-likeness (QED) is 0.805. The summed E-state index contributed by atoms with van der Waals surface area (Å²) in [5, 5.41) is 8.65. The highest BCUT2D eigenvalue weighted by Gasteiger charge is 2.26. The molecule has 0 atom stereocenters. The van der Waals surface area contributed by atoms with E-state index in [1.807, 2.05) is 5.38 Å². The van der Waals surface area contributed by atoms with Gasteiger partial charge in [-0.15, -0.1) is 0 Å². The number of nitrogens with two attached hydrogens (primary N) is 1. The minimum absolute atomic E-state index is 0.0553. The number of carbonyl (C=O) groups is 1. The highest BCUT2D eigenvalue weighted by atomic mass is 32.2. The number of nitrogens with zero attached hydrogens (tertiary/aromatic N) is 2. The van der Waals surface area contributed by atoms with Crippen molar-refractivity contribution in [3.05, 3.63) is 22.4 Å². The van der Waals surface area contributed by atoms with E-state index in [2.05, 4.69) is 0 Å². The number of amides is 1. The summed E-state index contributed by atoms with van der Waals surface area (Å²) in [5.41, 5.74) is 0.652. The van der Waals surface area contributed by atoms with E-state index in [4.69, 9.17) is 5.14 Å². The van der Waals surface area contributed by atoms with Crippen LogP contribution in [-0.4, -0.2) is 49.7 Å². The van der Waals surface area contributed by atoms with Crippen molar-refractivity contribution in [1.29, 1.82) is 0 Å². The lowest BCUT2D eigenvalue weighted by Gasteiger charge is -2.32. The molecule has 0 aromatic carbocycles. The summed E-state index contributed by atoms with van der Waals surface area (Å²) in [7, 11) is -3.63. The second-order valence-corrected chi connectivity index (χ2v) is 6.07. The zero-order valence-corrected chi connectivity index (χ0v) is 10.7. The van der Waals surface area contributed by atoms with Crippen LogP contribution in [0.5, 0.6) is 0 Å². The zero-order chi connectivity index (χ0) is 12.5. The van der Waals surface area contributed by atoms with Crippen molar-refractivity contribution in [2.24, 2.45) is 5.14 Å². The molecule has 2 rings (SSSR count). The predicted molar refractivity (Wildman–Crippen MR) is 64.9 cm³/mol. The fraction of sp³-hybridized carbons (Fsp3) is 0.444. The van der Waals surface area contributed by atoms with Crippen LogP contribution in [0.25, 0.3) is 0 Å². The van der Waals surface area contributed by atoms with E-state index < -0.39 is 10.2 Å². The molecule has 0 radical (unpaired) electrons. The molecule has 0 spiro atoms. The predicted octanol–water partition coefficient (Wildman–Crippen LogP) is -0.291. The molecule has 17 heavy (non-hydrogen) atoms. The molecule has 94 valence electrons. The van der Waals surface area contributed by atoms with Crippen LogP contribution in [0.15, 0.2) is 16.8 Å². The van der Waals surface area contributed by atoms with E-state index in [9.17, 15) is 13.2 Å². The van der Waals surface area contributed by atoms with Gasteiger partial charge >= 0.3 is 0 Å². The van der Waals surface area contributed by atoms with E-state index >= 15 is 0 Å². The first-order chi connectivity index (χ1) is 7.98. The lowest BCUT2D eigenvalue weighted by Crippen LogP contribution is -2.52. The average molecular weight is 275 g/mol. The van der Waals surface area contributed by atoms with Gasteiger partial charge in [0.25, 0.3) is 16.1 Å². The normalized spacial score (nSPS) is 18.3. The van der Waals surface area contributed by atoms with Gasteiger partial charge in [-0.3, -0.25) is 4.79 Å². The third kappa shape index (κ3) is 2.83. The van der Waals surface area contributed by atoms with Gasteiger partial charge in [0.15, 0.2) is 0 Å². The monoisotopic (exact) mass is 275 g/mol. The number of rotatable bonds is 2.